The molecule has 4 heteroatoms. The molecule has 1 aromatic carbocycles. The van der Waals surface area contributed by atoms with E-state index in [-0.39, 0.29) is 16.4 Å². The molecule has 1 saturated carbocycles. The Morgan fingerprint density at radius 2 is 2.10 bits per heavy atom. The Balaban J connectivity index is 2.13. The number of rotatable bonds is 4. The van der Waals surface area contributed by atoms with Crippen LogP contribution in [0.1, 0.15) is 50.0 Å². The van der Waals surface area contributed by atoms with E-state index in [1.165, 1.54) is 18.6 Å². The van der Waals surface area contributed by atoms with E-state index in [0.717, 1.165) is 25.7 Å². The summed E-state index contributed by atoms with van der Waals surface area (Å²) in [5, 5.41) is 9.17. The van der Waals surface area contributed by atoms with Crippen molar-refractivity contribution in [2.24, 2.45) is 5.92 Å². The van der Waals surface area contributed by atoms with Gasteiger partial charge in [-0.05, 0) is 12.0 Å². The van der Waals surface area contributed by atoms with Gasteiger partial charge in [0.25, 0.3) is 0 Å². The summed E-state index contributed by atoms with van der Waals surface area (Å²) in [5.41, 5.74) is 0.0980. The third kappa shape index (κ3) is 3.37. The van der Waals surface area contributed by atoms with Crippen LogP contribution in [-0.4, -0.2) is 5.78 Å². The first-order chi connectivity index (χ1) is 9.63. The predicted molar refractivity (Wildman–Crippen MR) is 76.0 cm³/mol. The minimum Gasteiger partial charge on any atom is -0.298 e. The number of nitrogens with zero attached hydrogens (tertiary/aromatic N) is 1. The van der Waals surface area contributed by atoms with Crippen LogP contribution in [0.5, 0.6) is 0 Å². The van der Waals surface area contributed by atoms with E-state index >= 15 is 0 Å². The molecule has 1 aliphatic rings. The summed E-state index contributed by atoms with van der Waals surface area (Å²) in [4.78, 5) is 12.3. The van der Waals surface area contributed by atoms with Gasteiger partial charge in [-0.15, -0.1) is 0 Å². The van der Waals surface area contributed by atoms with E-state index in [9.17, 15) is 14.4 Å². The molecule has 106 valence electrons. The summed E-state index contributed by atoms with van der Waals surface area (Å²) in [5.74, 6) is -1.55. The Kier molecular flexibility index (Phi) is 5.14. The molecule has 1 unspecified atom stereocenters. The zero-order valence-corrected chi connectivity index (χ0v) is 12.0. The lowest BCUT2D eigenvalue weighted by molar-refractivity contribution is -0.120. The molecule has 0 radical (unpaired) electrons. The van der Waals surface area contributed by atoms with E-state index in [2.05, 4.69) is 0 Å². The van der Waals surface area contributed by atoms with Crippen LogP contribution < -0.4 is 0 Å². The average molecular weight is 294 g/mol. The van der Waals surface area contributed by atoms with Crippen molar-refractivity contribution >= 4 is 17.4 Å². The van der Waals surface area contributed by atoms with E-state index in [0.29, 0.717) is 12.3 Å². The van der Waals surface area contributed by atoms with Gasteiger partial charge >= 0.3 is 0 Å². The normalized spacial score (nSPS) is 17.4. The largest absolute Gasteiger partial charge is 0.298 e. The standard InChI is InChI=1S/C16H17ClFNO/c17-14-8-4-7-12(16(14)18)13(10-19)15(20)9-11-5-2-1-3-6-11/h4,7-8,11,13H,1-3,5-6,9H2. The smallest absolute Gasteiger partial charge is 0.154 e. The number of ketones is 1. The lowest BCUT2D eigenvalue weighted by Gasteiger charge is -2.21. The molecule has 0 heterocycles. The van der Waals surface area contributed by atoms with E-state index in [1.54, 1.807) is 6.07 Å². The van der Waals surface area contributed by atoms with Gasteiger partial charge in [-0.25, -0.2) is 4.39 Å². The molecule has 0 saturated heterocycles. The number of hydrogen-bond acceptors (Lipinski definition) is 2. The van der Waals surface area contributed by atoms with Gasteiger partial charge in [-0.3, -0.25) is 4.79 Å². The first kappa shape index (κ1) is 15.0. The first-order valence-electron chi connectivity index (χ1n) is 6.99. The average Bonchev–Trinajstić information content (AvgIpc) is 2.45. The first-order valence-corrected chi connectivity index (χ1v) is 7.37. The highest BCUT2D eigenvalue weighted by atomic mass is 35.5. The third-order valence-corrected chi connectivity index (χ3v) is 4.25. The monoisotopic (exact) mass is 293 g/mol. The van der Waals surface area contributed by atoms with Crippen LogP contribution >= 0.6 is 11.6 Å². The Morgan fingerprint density at radius 3 is 2.75 bits per heavy atom. The van der Waals surface area contributed by atoms with Crippen molar-refractivity contribution in [2.45, 2.75) is 44.4 Å². The number of carbonyl (C=O) groups excluding carboxylic acids is 1. The van der Waals surface area contributed by atoms with Gasteiger partial charge in [0.2, 0.25) is 0 Å². The fraction of sp³-hybridized carbons (Fsp3) is 0.500. The Morgan fingerprint density at radius 1 is 1.40 bits per heavy atom. The van der Waals surface area contributed by atoms with Gasteiger partial charge in [-0.2, -0.15) is 5.26 Å². The zero-order valence-electron chi connectivity index (χ0n) is 11.2. The van der Waals surface area contributed by atoms with Crippen molar-refractivity contribution in [1.29, 1.82) is 5.26 Å². The van der Waals surface area contributed by atoms with Gasteiger partial charge in [0.1, 0.15) is 11.7 Å². The number of carbonyl (C=O) groups is 1. The van der Waals surface area contributed by atoms with E-state index in [1.807, 2.05) is 6.07 Å². The second-order valence-corrected chi connectivity index (χ2v) is 5.79. The van der Waals surface area contributed by atoms with Crippen LogP contribution in [0.25, 0.3) is 0 Å². The molecule has 2 nitrogen and oxygen atoms in total. The topological polar surface area (TPSA) is 40.9 Å². The summed E-state index contributed by atoms with van der Waals surface area (Å²) in [6.07, 6.45) is 5.92. The molecule has 1 atom stereocenters. The quantitative estimate of drug-likeness (QED) is 0.812. The Bertz CT molecular complexity index is 532. The second-order valence-electron chi connectivity index (χ2n) is 5.38. The minimum absolute atomic E-state index is 0.0479. The molecule has 0 aromatic heterocycles. The molecule has 0 amide bonds. The summed E-state index contributed by atoms with van der Waals surface area (Å²) in [6, 6.07) is 6.38. The van der Waals surface area contributed by atoms with Crippen LogP contribution in [0.15, 0.2) is 18.2 Å². The highest BCUT2D eigenvalue weighted by molar-refractivity contribution is 6.30. The van der Waals surface area contributed by atoms with Crippen molar-refractivity contribution in [1.82, 2.24) is 0 Å². The molecular formula is C16H17ClFNO. The van der Waals surface area contributed by atoms with Gasteiger partial charge in [0.15, 0.2) is 5.78 Å². The lowest BCUT2D eigenvalue weighted by atomic mass is 9.82. The summed E-state index contributed by atoms with van der Waals surface area (Å²) in [6.45, 7) is 0. The molecule has 0 spiro atoms. The van der Waals surface area contributed by atoms with Crippen molar-refractivity contribution < 1.29 is 9.18 Å². The fourth-order valence-electron chi connectivity index (χ4n) is 2.85. The number of hydrogen-bond donors (Lipinski definition) is 0. The van der Waals surface area contributed by atoms with Crippen molar-refractivity contribution in [3.63, 3.8) is 0 Å². The van der Waals surface area contributed by atoms with Gasteiger partial charge < -0.3 is 0 Å². The predicted octanol–water partition coefficient (Wildman–Crippen LogP) is 4.63. The van der Waals surface area contributed by atoms with Gasteiger partial charge in [-0.1, -0.05) is 55.8 Å². The molecule has 1 fully saturated rings. The number of halogens is 2. The second kappa shape index (κ2) is 6.85. The zero-order chi connectivity index (χ0) is 14.5. The van der Waals surface area contributed by atoms with Crippen molar-refractivity contribution in [2.75, 3.05) is 0 Å². The number of benzene rings is 1. The van der Waals surface area contributed by atoms with Gasteiger partial charge in [0.05, 0.1) is 11.1 Å². The van der Waals surface area contributed by atoms with Crippen molar-refractivity contribution in [3.8, 4) is 6.07 Å². The molecule has 2 rings (SSSR count). The molecule has 0 bridgehead atoms. The molecule has 20 heavy (non-hydrogen) atoms. The SMILES string of the molecule is N#CC(C(=O)CC1CCCCC1)c1cccc(Cl)c1F. The summed E-state index contributed by atoms with van der Waals surface area (Å²) in [7, 11) is 0. The maximum atomic E-state index is 13.9. The van der Waals surface area contributed by atoms with Gasteiger partial charge in [0, 0.05) is 12.0 Å². The van der Waals surface area contributed by atoms with E-state index < -0.39 is 11.7 Å². The Hall–Kier alpha value is -1.40. The molecule has 0 N–H and O–H groups in total. The molecular weight excluding hydrogens is 277 g/mol. The summed E-state index contributed by atoms with van der Waals surface area (Å²) < 4.78 is 13.9. The van der Waals surface area contributed by atoms with Crippen LogP contribution in [0.3, 0.4) is 0 Å². The third-order valence-electron chi connectivity index (χ3n) is 3.96. The molecule has 0 aliphatic heterocycles. The van der Waals surface area contributed by atoms with Crippen molar-refractivity contribution in [3.05, 3.63) is 34.6 Å². The van der Waals surface area contributed by atoms with Crippen LogP contribution in [0, 0.1) is 23.1 Å². The number of Topliss-reactive ketones (excluding diaryl/α,β-unsaturated/α-hetero) is 1. The van der Waals surface area contributed by atoms with E-state index in [4.69, 9.17) is 11.6 Å². The summed E-state index contributed by atoms with van der Waals surface area (Å²) >= 11 is 5.72. The van der Waals surface area contributed by atoms with Crippen LogP contribution in [0.2, 0.25) is 5.02 Å². The minimum atomic E-state index is -1.05. The Labute approximate surface area is 123 Å². The highest BCUT2D eigenvalue weighted by Gasteiger charge is 2.27. The van der Waals surface area contributed by atoms with Crippen LogP contribution in [-0.2, 0) is 4.79 Å². The van der Waals surface area contributed by atoms with Crippen LogP contribution in [0.4, 0.5) is 4.39 Å². The maximum absolute atomic E-state index is 13.9. The molecule has 1 aromatic rings. The lowest BCUT2D eigenvalue weighted by Crippen LogP contribution is -2.18. The maximum Gasteiger partial charge on any atom is 0.154 e. The molecule has 1 aliphatic carbocycles. The number of nitriles is 1. The fourth-order valence-corrected chi connectivity index (χ4v) is 3.03. The highest BCUT2D eigenvalue weighted by Crippen LogP contribution is 2.31.